The van der Waals surface area contributed by atoms with Crippen LogP contribution < -0.4 is 0 Å². The van der Waals surface area contributed by atoms with Crippen molar-refractivity contribution >= 4 is 16.9 Å². The van der Waals surface area contributed by atoms with Crippen LogP contribution in [0.1, 0.15) is 5.56 Å². The first-order valence-electron chi connectivity index (χ1n) is 7.38. The molecule has 0 aliphatic rings. The number of nitrogens with zero attached hydrogens (tertiary/aromatic N) is 3. The molecular formula is C18H18FN3O. The molecule has 1 aromatic carbocycles. The lowest BCUT2D eigenvalue weighted by molar-refractivity contribution is -0.129. The van der Waals surface area contributed by atoms with Crippen LogP contribution in [0.25, 0.3) is 22.2 Å². The number of halogens is 1. The Morgan fingerprint density at radius 2 is 2.04 bits per heavy atom. The Hall–Kier alpha value is -2.69. The van der Waals surface area contributed by atoms with Gasteiger partial charge in [-0.15, -0.1) is 0 Å². The van der Waals surface area contributed by atoms with Crippen molar-refractivity contribution in [1.82, 2.24) is 14.5 Å². The van der Waals surface area contributed by atoms with Gasteiger partial charge in [-0.05, 0) is 24.6 Å². The van der Waals surface area contributed by atoms with Gasteiger partial charge >= 0.3 is 0 Å². The lowest BCUT2D eigenvalue weighted by Gasteiger charge is -2.12. The number of amides is 1. The molecule has 3 aromatic rings. The largest absolute Gasteiger partial charge is 0.347 e. The van der Waals surface area contributed by atoms with Crippen LogP contribution in [0.2, 0.25) is 0 Å². The molecular weight excluding hydrogens is 293 g/mol. The van der Waals surface area contributed by atoms with E-state index in [9.17, 15) is 9.18 Å². The first kappa shape index (κ1) is 15.2. The highest BCUT2D eigenvalue weighted by molar-refractivity contribution is 5.86. The number of hydrogen-bond acceptors (Lipinski definition) is 2. The van der Waals surface area contributed by atoms with Gasteiger partial charge in [0.15, 0.2) is 0 Å². The lowest BCUT2D eigenvalue weighted by Crippen LogP contribution is -2.25. The van der Waals surface area contributed by atoms with Crippen LogP contribution in [0, 0.1) is 12.7 Å². The molecule has 0 aliphatic carbocycles. The minimum Gasteiger partial charge on any atom is -0.347 e. The summed E-state index contributed by atoms with van der Waals surface area (Å²) in [5.74, 6) is -0.286. The molecule has 0 aliphatic heterocycles. The van der Waals surface area contributed by atoms with Gasteiger partial charge in [-0.3, -0.25) is 9.78 Å². The molecule has 4 nitrogen and oxygen atoms in total. The number of likely N-dealkylation sites (N-methyl/N-ethyl adjacent to an activating group) is 1. The number of pyridine rings is 1. The van der Waals surface area contributed by atoms with Gasteiger partial charge in [-0.1, -0.05) is 18.2 Å². The summed E-state index contributed by atoms with van der Waals surface area (Å²) in [7, 11) is 3.45. The number of aryl methyl sites for hydroxylation is 1. The molecule has 0 spiro atoms. The van der Waals surface area contributed by atoms with Crippen LogP contribution in [-0.4, -0.2) is 34.5 Å². The number of rotatable bonds is 3. The van der Waals surface area contributed by atoms with Gasteiger partial charge in [0.2, 0.25) is 5.91 Å². The summed E-state index contributed by atoms with van der Waals surface area (Å²) in [6.45, 7) is 2.19. The molecule has 0 unspecified atom stereocenters. The summed E-state index contributed by atoms with van der Waals surface area (Å²) in [4.78, 5) is 18.0. The Balaban J connectivity index is 2.11. The number of hydrogen-bond donors (Lipinski definition) is 0. The normalized spacial score (nSPS) is 11.0. The maximum Gasteiger partial charge on any atom is 0.241 e. The van der Waals surface area contributed by atoms with Gasteiger partial charge in [0.05, 0.1) is 11.0 Å². The maximum atomic E-state index is 14.0. The zero-order valence-electron chi connectivity index (χ0n) is 13.4. The number of carbonyl (C=O) groups is 1. The van der Waals surface area contributed by atoms with Crippen molar-refractivity contribution < 1.29 is 9.18 Å². The summed E-state index contributed by atoms with van der Waals surface area (Å²) in [6, 6.07) is 8.50. The smallest absolute Gasteiger partial charge is 0.241 e. The molecule has 0 saturated heterocycles. The number of fused-ring (bicyclic) bond motifs is 1. The van der Waals surface area contributed by atoms with E-state index in [0.717, 1.165) is 16.6 Å². The van der Waals surface area contributed by atoms with E-state index in [-0.39, 0.29) is 18.3 Å². The van der Waals surface area contributed by atoms with Crippen LogP contribution in [0.4, 0.5) is 4.39 Å². The third kappa shape index (κ3) is 2.82. The van der Waals surface area contributed by atoms with E-state index in [0.29, 0.717) is 11.1 Å². The third-order valence-electron chi connectivity index (χ3n) is 3.89. The predicted octanol–water partition coefficient (Wildman–Crippen LogP) is 3.24. The fourth-order valence-electron chi connectivity index (χ4n) is 2.60. The number of benzene rings is 1. The monoisotopic (exact) mass is 311 g/mol. The minimum absolute atomic E-state index is 0.00167. The molecule has 23 heavy (non-hydrogen) atoms. The highest BCUT2D eigenvalue weighted by Gasteiger charge is 2.13. The lowest BCUT2D eigenvalue weighted by atomic mass is 10.1. The molecule has 2 aromatic heterocycles. The molecule has 5 heteroatoms. The van der Waals surface area contributed by atoms with Crippen LogP contribution in [0.15, 0.2) is 42.7 Å². The zero-order valence-corrected chi connectivity index (χ0v) is 13.4. The third-order valence-corrected chi connectivity index (χ3v) is 3.89. The Bertz CT molecular complexity index is 883. The zero-order chi connectivity index (χ0) is 16.6. The van der Waals surface area contributed by atoms with Crippen molar-refractivity contribution in [3.05, 3.63) is 54.1 Å². The van der Waals surface area contributed by atoms with E-state index in [2.05, 4.69) is 4.98 Å². The number of carbonyl (C=O) groups excluding carboxylic acids is 1. The first-order chi connectivity index (χ1) is 11.0. The highest BCUT2D eigenvalue weighted by atomic mass is 19.1. The van der Waals surface area contributed by atoms with Gasteiger partial charge in [-0.25, -0.2) is 4.39 Å². The van der Waals surface area contributed by atoms with Crippen LogP contribution in [-0.2, 0) is 11.3 Å². The van der Waals surface area contributed by atoms with Gasteiger partial charge in [0.25, 0.3) is 0 Å². The van der Waals surface area contributed by atoms with E-state index >= 15 is 0 Å². The van der Waals surface area contributed by atoms with Crippen molar-refractivity contribution in [2.75, 3.05) is 14.1 Å². The molecule has 3 rings (SSSR count). The van der Waals surface area contributed by atoms with Crippen molar-refractivity contribution in [2.45, 2.75) is 13.5 Å². The topological polar surface area (TPSA) is 38.1 Å². The average molecular weight is 311 g/mol. The van der Waals surface area contributed by atoms with Crippen molar-refractivity contribution in [1.29, 1.82) is 0 Å². The second-order valence-corrected chi connectivity index (χ2v) is 5.80. The summed E-state index contributed by atoms with van der Waals surface area (Å²) >= 11 is 0. The molecule has 2 heterocycles. The average Bonchev–Trinajstić information content (AvgIpc) is 2.83. The Kier molecular flexibility index (Phi) is 3.86. The summed E-state index contributed by atoms with van der Waals surface area (Å²) in [5.41, 5.74) is 3.86. The second kappa shape index (κ2) is 5.83. The van der Waals surface area contributed by atoms with Gasteiger partial charge in [-0.2, -0.15) is 0 Å². The molecule has 0 radical (unpaired) electrons. The van der Waals surface area contributed by atoms with Gasteiger partial charge in [0, 0.05) is 37.6 Å². The minimum atomic E-state index is -0.284. The van der Waals surface area contributed by atoms with E-state index in [4.69, 9.17) is 0 Å². The van der Waals surface area contributed by atoms with Crippen LogP contribution >= 0.6 is 0 Å². The molecule has 0 saturated carbocycles. The molecule has 0 fully saturated rings. The van der Waals surface area contributed by atoms with Crippen LogP contribution in [0.5, 0.6) is 0 Å². The van der Waals surface area contributed by atoms with Gasteiger partial charge in [0.1, 0.15) is 12.4 Å². The Labute approximate surface area is 134 Å². The van der Waals surface area contributed by atoms with Crippen molar-refractivity contribution in [2.24, 2.45) is 0 Å². The molecule has 0 bridgehead atoms. The van der Waals surface area contributed by atoms with E-state index in [1.165, 1.54) is 6.07 Å². The van der Waals surface area contributed by atoms with Crippen molar-refractivity contribution in [3.63, 3.8) is 0 Å². The molecule has 0 N–H and O–H groups in total. The standard InChI is InChI=1S/C18H18FN3O/c1-12-10-22(11-17(23)21(2)3)16-8-13(9-20-18(12)16)14-6-4-5-7-15(14)19/h4-10H,11H2,1-3H3. The fourth-order valence-corrected chi connectivity index (χ4v) is 2.60. The van der Waals surface area contributed by atoms with Crippen molar-refractivity contribution in [3.8, 4) is 11.1 Å². The summed E-state index contributed by atoms with van der Waals surface area (Å²) < 4.78 is 15.9. The van der Waals surface area contributed by atoms with E-state index < -0.39 is 0 Å². The first-order valence-corrected chi connectivity index (χ1v) is 7.38. The predicted molar refractivity (Wildman–Crippen MR) is 88.6 cm³/mol. The summed E-state index contributed by atoms with van der Waals surface area (Å²) in [6.07, 6.45) is 3.58. The van der Waals surface area contributed by atoms with Crippen LogP contribution in [0.3, 0.4) is 0 Å². The maximum absolute atomic E-state index is 14.0. The SMILES string of the molecule is Cc1cn(CC(=O)N(C)C)c2cc(-c3ccccc3F)cnc12. The molecule has 1 amide bonds. The summed E-state index contributed by atoms with van der Waals surface area (Å²) in [5, 5.41) is 0. The van der Waals surface area contributed by atoms with Gasteiger partial charge < -0.3 is 9.47 Å². The fraction of sp³-hybridized carbons (Fsp3) is 0.222. The Morgan fingerprint density at radius 3 is 2.74 bits per heavy atom. The molecule has 0 atom stereocenters. The van der Waals surface area contributed by atoms with E-state index in [1.54, 1.807) is 43.4 Å². The number of aromatic nitrogens is 2. The highest BCUT2D eigenvalue weighted by Crippen LogP contribution is 2.27. The molecule has 118 valence electrons. The van der Waals surface area contributed by atoms with E-state index in [1.807, 2.05) is 23.8 Å². The second-order valence-electron chi connectivity index (χ2n) is 5.80. The quantitative estimate of drug-likeness (QED) is 0.745. The Morgan fingerprint density at radius 1 is 1.30 bits per heavy atom.